The maximum Gasteiger partial charge on any atom is 0.218 e. The monoisotopic (exact) mass is 216 g/mol. The van der Waals surface area contributed by atoms with Gasteiger partial charge in [-0.3, -0.25) is 0 Å². The largest absolute Gasteiger partial charge is 0.475 e. The number of aromatic nitrogens is 2. The lowest BCUT2D eigenvalue weighted by Gasteiger charge is -2.05. The quantitative estimate of drug-likeness (QED) is 0.557. The lowest BCUT2D eigenvalue weighted by molar-refractivity contribution is 0.108. The van der Waals surface area contributed by atoms with Crippen LogP contribution in [-0.2, 0) is 4.74 Å². The molecule has 78 valence electrons. The predicted octanol–water partition coefficient (Wildman–Crippen LogP) is 1.85. The van der Waals surface area contributed by atoms with Crippen molar-refractivity contribution in [2.24, 2.45) is 0 Å². The third kappa shape index (κ3) is 3.89. The summed E-state index contributed by atoms with van der Waals surface area (Å²) in [7, 11) is 0. The number of ether oxygens (including phenoxy) is 2. The molecule has 0 fully saturated rings. The highest BCUT2D eigenvalue weighted by atomic mass is 35.5. The molecule has 4 nitrogen and oxygen atoms in total. The van der Waals surface area contributed by atoms with Crippen LogP contribution in [0.1, 0.15) is 12.7 Å². The molecule has 0 atom stereocenters. The van der Waals surface area contributed by atoms with E-state index in [1.807, 2.05) is 6.92 Å². The van der Waals surface area contributed by atoms with Crippen molar-refractivity contribution in [3.05, 3.63) is 17.0 Å². The van der Waals surface area contributed by atoms with Gasteiger partial charge in [0.1, 0.15) is 17.6 Å². The molecule has 0 bridgehead atoms. The summed E-state index contributed by atoms with van der Waals surface area (Å²) in [5.74, 6) is 1.09. The van der Waals surface area contributed by atoms with Gasteiger partial charge in [0, 0.05) is 12.7 Å². The van der Waals surface area contributed by atoms with Crippen LogP contribution in [0.3, 0.4) is 0 Å². The van der Waals surface area contributed by atoms with Crippen molar-refractivity contribution in [3.8, 4) is 5.88 Å². The van der Waals surface area contributed by atoms with E-state index in [0.717, 1.165) is 0 Å². The Labute approximate surface area is 88.2 Å². The topological polar surface area (TPSA) is 44.2 Å². The second-order valence-corrected chi connectivity index (χ2v) is 3.01. The summed E-state index contributed by atoms with van der Waals surface area (Å²) >= 11 is 5.73. The molecule has 0 N–H and O–H groups in total. The van der Waals surface area contributed by atoms with Gasteiger partial charge < -0.3 is 9.47 Å². The maximum atomic E-state index is 5.73. The van der Waals surface area contributed by atoms with Crippen LogP contribution in [0.2, 0.25) is 5.15 Å². The fraction of sp³-hybridized carbons (Fsp3) is 0.556. The molecule has 0 saturated carbocycles. The van der Waals surface area contributed by atoms with Crippen LogP contribution in [0.4, 0.5) is 0 Å². The van der Waals surface area contributed by atoms with Crippen molar-refractivity contribution < 1.29 is 9.47 Å². The van der Waals surface area contributed by atoms with Gasteiger partial charge in [0.2, 0.25) is 5.88 Å². The summed E-state index contributed by atoms with van der Waals surface area (Å²) in [4.78, 5) is 7.98. The zero-order valence-corrected chi connectivity index (χ0v) is 9.04. The Balaban J connectivity index is 2.42. The van der Waals surface area contributed by atoms with E-state index in [1.165, 1.54) is 0 Å². The second-order valence-electron chi connectivity index (χ2n) is 2.62. The van der Waals surface area contributed by atoms with Crippen LogP contribution in [0.15, 0.2) is 6.07 Å². The van der Waals surface area contributed by atoms with E-state index in [-0.39, 0.29) is 0 Å². The average Bonchev–Trinajstić information content (AvgIpc) is 2.11. The first kappa shape index (κ1) is 11.2. The highest BCUT2D eigenvalue weighted by molar-refractivity contribution is 6.29. The second kappa shape index (κ2) is 5.78. The fourth-order valence-electron chi connectivity index (χ4n) is 0.929. The molecule has 0 spiro atoms. The van der Waals surface area contributed by atoms with E-state index in [4.69, 9.17) is 21.1 Å². The normalized spacial score (nSPS) is 10.2. The average molecular weight is 217 g/mol. The Morgan fingerprint density at radius 1 is 1.36 bits per heavy atom. The first-order valence-electron chi connectivity index (χ1n) is 4.44. The summed E-state index contributed by atoms with van der Waals surface area (Å²) in [5, 5.41) is 0.393. The highest BCUT2D eigenvalue weighted by Crippen LogP contribution is 2.12. The van der Waals surface area contributed by atoms with Gasteiger partial charge in [-0.15, -0.1) is 0 Å². The standard InChI is InChI=1S/C9H13ClN2O2/c1-3-13-4-5-14-9-6-8(10)11-7(2)12-9/h6H,3-5H2,1-2H3. The van der Waals surface area contributed by atoms with E-state index >= 15 is 0 Å². The molecule has 0 amide bonds. The minimum atomic E-state index is 0.393. The summed E-state index contributed by atoms with van der Waals surface area (Å²) in [6.45, 7) is 5.41. The molecule has 0 saturated heterocycles. The van der Waals surface area contributed by atoms with E-state index in [2.05, 4.69) is 9.97 Å². The van der Waals surface area contributed by atoms with E-state index in [0.29, 0.717) is 36.7 Å². The molecular formula is C9H13ClN2O2. The first-order chi connectivity index (χ1) is 6.72. The fourth-order valence-corrected chi connectivity index (χ4v) is 1.14. The number of aryl methyl sites for hydroxylation is 1. The van der Waals surface area contributed by atoms with Crippen LogP contribution in [0.5, 0.6) is 5.88 Å². The van der Waals surface area contributed by atoms with Gasteiger partial charge in [-0.1, -0.05) is 11.6 Å². The van der Waals surface area contributed by atoms with Crippen LogP contribution < -0.4 is 4.74 Å². The third-order valence-electron chi connectivity index (χ3n) is 1.46. The Kier molecular flexibility index (Phi) is 4.62. The smallest absolute Gasteiger partial charge is 0.218 e. The Hall–Kier alpha value is -0.870. The van der Waals surface area contributed by atoms with Gasteiger partial charge in [-0.25, -0.2) is 4.98 Å². The van der Waals surface area contributed by atoms with Crippen molar-refractivity contribution in [3.63, 3.8) is 0 Å². The van der Waals surface area contributed by atoms with Crippen molar-refractivity contribution in [1.29, 1.82) is 0 Å². The maximum absolute atomic E-state index is 5.73. The number of nitrogens with zero attached hydrogens (tertiary/aromatic N) is 2. The lowest BCUT2D eigenvalue weighted by atomic mass is 10.6. The zero-order valence-electron chi connectivity index (χ0n) is 8.29. The van der Waals surface area contributed by atoms with E-state index in [1.54, 1.807) is 13.0 Å². The minimum absolute atomic E-state index is 0.393. The number of hydrogen-bond acceptors (Lipinski definition) is 4. The molecule has 5 heteroatoms. The molecular weight excluding hydrogens is 204 g/mol. The van der Waals surface area contributed by atoms with Gasteiger partial charge in [0.05, 0.1) is 6.61 Å². The summed E-state index contributed by atoms with van der Waals surface area (Å²) < 4.78 is 10.4. The Morgan fingerprint density at radius 2 is 2.14 bits per heavy atom. The Morgan fingerprint density at radius 3 is 2.79 bits per heavy atom. The lowest BCUT2D eigenvalue weighted by Crippen LogP contribution is -2.07. The highest BCUT2D eigenvalue weighted by Gasteiger charge is 2.00. The van der Waals surface area contributed by atoms with Crippen LogP contribution in [0.25, 0.3) is 0 Å². The van der Waals surface area contributed by atoms with Crippen molar-refractivity contribution in [2.75, 3.05) is 19.8 Å². The third-order valence-corrected chi connectivity index (χ3v) is 1.66. The first-order valence-corrected chi connectivity index (χ1v) is 4.82. The minimum Gasteiger partial charge on any atom is -0.475 e. The molecule has 1 aromatic rings. The van der Waals surface area contributed by atoms with E-state index in [9.17, 15) is 0 Å². The number of rotatable bonds is 5. The van der Waals surface area contributed by atoms with Crippen molar-refractivity contribution in [1.82, 2.24) is 9.97 Å². The molecule has 1 rings (SSSR count). The molecule has 0 aromatic carbocycles. The van der Waals surface area contributed by atoms with Gasteiger partial charge >= 0.3 is 0 Å². The molecule has 0 aliphatic carbocycles. The van der Waals surface area contributed by atoms with Gasteiger partial charge in [0.25, 0.3) is 0 Å². The molecule has 0 unspecified atom stereocenters. The van der Waals surface area contributed by atoms with Crippen LogP contribution in [-0.4, -0.2) is 29.8 Å². The summed E-state index contributed by atoms with van der Waals surface area (Å²) in [6, 6.07) is 1.58. The van der Waals surface area contributed by atoms with Gasteiger partial charge in [-0.05, 0) is 13.8 Å². The number of hydrogen-bond donors (Lipinski definition) is 0. The zero-order chi connectivity index (χ0) is 10.4. The molecule has 14 heavy (non-hydrogen) atoms. The predicted molar refractivity (Wildman–Crippen MR) is 53.8 cm³/mol. The molecule has 0 aliphatic heterocycles. The van der Waals surface area contributed by atoms with Crippen LogP contribution in [0, 0.1) is 6.92 Å². The van der Waals surface area contributed by atoms with E-state index < -0.39 is 0 Å². The molecule has 0 radical (unpaired) electrons. The number of halogens is 1. The van der Waals surface area contributed by atoms with Crippen molar-refractivity contribution in [2.45, 2.75) is 13.8 Å². The van der Waals surface area contributed by atoms with Gasteiger partial charge in [0.15, 0.2) is 0 Å². The Bertz CT molecular complexity index is 274. The summed E-state index contributed by atoms with van der Waals surface area (Å²) in [6.07, 6.45) is 0. The van der Waals surface area contributed by atoms with Crippen molar-refractivity contribution >= 4 is 11.6 Å². The molecule has 0 aliphatic rings. The SMILES string of the molecule is CCOCCOc1cc(Cl)nc(C)n1. The molecule has 1 aromatic heterocycles. The van der Waals surface area contributed by atoms with Crippen LogP contribution >= 0.6 is 11.6 Å². The molecule has 1 heterocycles. The van der Waals surface area contributed by atoms with Gasteiger partial charge in [-0.2, -0.15) is 4.98 Å². The summed E-state index contributed by atoms with van der Waals surface area (Å²) in [5.41, 5.74) is 0.